The normalized spacial score (nSPS) is 14.1. The summed E-state index contributed by atoms with van der Waals surface area (Å²) < 4.78 is 0.915. The maximum absolute atomic E-state index is 12.5. The average Bonchev–Trinajstić information content (AvgIpc) is 2.73. The van der Waals surface area contributed by atoms with Crippen molar-refractivity contribution in [3.63, 3.8) is 0 Å². The first-order valence-electron chi connectivity index (χ1n) is 7.66. The minimum absolute atomic E-state index is 0.0104. The first kappa shape index (κ1) is 16.4. The Morgan fingerprint density at radius 3 is 2.96 bits per heavy atom. The molecule has 1 amide bonds. The van der Waals surface area contributed by atoms with Crippen molar-refractivity contribution in [1.82, 2.24) is 0 Å². The van der Waals surface area contributed by atoms with E-state index in [0.29, 0.717) is 6.54 Å². The fraction of sp³-hybridized carbons (Fsp3) is 0.278. The number of thioether (sulfide) groups is 1. The molecule has 1 aliphatic heterocycles. The van der Waals surface area contributed by atoms with Crippen molar-refractivity contribution in [3.05, 3.63) is 52.5 Å². The lowest BCUT2D eigenvalue weighted by Gasteiger charge is -2.24. The van der Waals surface area contributed by atoms with Crippen LogP contribution < -0.4 is 10.2 Å². The Kier molecular flexibility index (Phi) is 5.28. The molecule has 0 atom stereocenters. The van der Waals surface area contributed by atoms with E-state index in [1.807, 2.05) is 43.0 Å². The summed E-state index contributed by atoms with van der Waals surface area (Å²) in [6, 6.07) is 14.3. The summed E-state index contributed by atoms with van der Waals surface area (Å²) in [7, 11) is 0. The number of halogens is 1. The molecule has 2 aromatic rings. The molecule has 0 radical (unpaired) electrons. The number of hydrogen-bond donors (Lipinski definition) is 1. The van der Waals surface area contributed by atoms with Gasteiger partial charge in [-0.05, 0) is 64.9 Å². The van der Waals surface area contributed by atoms with Crippen LogP contribution in [0.3, 0.4) is 0 Å². The summed E-state index contributed by atoms with van der Waals surface area (Å²) >= 11 is 5.37. The van der Waals surface area contributed by atoms with Gasteiger partial charge in [-0.3, -0.25) is 4.79 Å². The van der Waals surface area contributed by atoms with Crippen LogP contribution in [0.15, 0.2) is 51.8 Å². The van der Waals surface area contributed by atoms with Gasteiger partial charge in [-0.25, -0.2) is 0 Å². The van der Waals surface area contributed by atoms with Crippen LogP contribution in [0, 0.1) is 6.92 Å². The molecule has 0 saturated carbocycles. The SMILES string of the molecule is Cc1ccc(NC(=O)CN2CCCSc3ccccc32)c(Br)c1. The van der Waals surface area contributed by atoms with Crippen molar-refractivity contribution < 1.29 is 4.79 Å². The van der Waals surface area contributed by atoms with Crippen LogP contribution in [0.5, 0.6) is 0 Å². The number of amides is 1. The molecule has 120 valence electrons. The van der Waals surface area contributed by atoms with E-state index in [0.717, 1.165) is 40.1 Å². The molecular weight excluding hydrogens is 372 g/mol. The highest BCUT2D eigenvalue weighted by Crippen LogP contribution is 2.33. The lowest BCUT2D eigenvalue weighted by Crippen LogP contribution is -2.34. The number of fused-ring (bicyclic) bond motifs is 1. The van der Waals surface area contributed by atoms with E-state index in [1.54, 1.807) is 0 Å². The summed E-state index contributed by atoms with van der Waals surface area (Å²) in [6.07, 6.45) is 1.08. The van der Waals surface area contributed by atoms with Crippen LogP contribution in [-0.4, -0.2) is 24.7 Å². The Hall–Kier alpha value is -1.46. The second kappa shape index (κ2) is 7.41. The standard InChI is InChI=1S/C18H19BrN2OS/c1-13-7-8-15(14(19)11-13)20-18(22)12-21-9-4-10-23-17-6-3-2-5-16(17)21/h2-3,5-8,11H,4,9-10,12H2,1H3,(H,20,22). The lowest BCUT2D eigenvalue weighted by molar-refractivity contribution is -0.115. The fourth-order valence-electron chi connectivity index (χ4n) is 2.65. The topological polar surface area (TPSA) is 32.3 Å². The van der Waals surface area contributed by atoms with Gasteiger partial charge in [0, 0.05) is 15.9 Å². The number of para-hydroxylation sites is 1. The molecule has 1 N–H and O–H groups in total. The van der Waals surface area contributed by atoms with Crippen LogP contribution in [0.2, 0.25) is 0 Å². The number of carbonyl (C=O) groups is 1. The molecule has 0 aromatic heterocycles. The molecule has 0 saturated heterocycles. The van der Waals surface area contributed by atoms with Crippen molar-refractivity contribution in [2.75, 3.05) is 29.1 Å². The number of nitrogens with zero attached hydrogens (tertiary/aromatic N) is 1. The molecule has 3 rings (SSSR count). The van der Waals surface area contributed by atoms with E-state index < -0.39 is 0 Å². The maximum atomic E-state index is 12.5. The van der Waals surface area contributed by atoms with Gasteiger partial charge in [0.2, 0.25) is 5.91 Å². The van der Waals surface area contributed by atoms with Gasteiger partial charge in [-0.1, -0.05) is 18.2 Å². The number of carbonyl (C=O) groups excluding carboxylic acids is 1. The van der Waals surface area contributed by atoms with E-state index >= 15 is 0 Å². The third-order valence-electron chi connectivity index (χ3n) is 3.77. The molecule has 1 heterocycles. The van der Waals surface area contributed by atoms with Crippen molar-refractivity contribution in [2.24, 2.45) is 0 Å². The van der Waals surface area contributed by atoms with Gasteiger partial charge in [0.25, 0.3) is 0 Å². The lowest BCUT2D eigenvalue weighted by atomic mass is 10.2. The van der Waals surface area contributed by atoms with Crippen molar-refractivity contribution in [2.45, 2.75) is 18.2 Å². The quantitative estimate of drug-likeness (QED) is 0.823. The van der Waals surface area contributed by atoms with Gasteiger partial charge in [-0.15, -0.1) is 11.8 Å². The number of anilines is 2. The molecule has 1 aliphatic rings. The van der Waals surface area contributed by atoms with Crippen LogP contribution in [0.4, 0.5) is 11.4 Å². The van der Waals surface area contributed by atoms with Crippen LogP contribution in [0.25, 0.3) is 0 Å². The van der Waals surface area contributed by atoms with Crippen molar-refractivity contribution in [3.8, 4) is 0 Å². The van der Waals surface area contributed by atoms with E-state index in [2.05, 4.69) is 44.3 Å². The molecule has 0 bridgehead atoms. The minimum Gasteiger partial charge on any atom is -0.361 e. The molecule has 0 unspecified atom stereocenters. The van der Waals surface area contributed by atoms with Gasteiger partial charge in [0.15, 0.2) is 0 Å². The highest BCUT2D eigenvalue weighted by atomic mass is 79.9. The van der Waals surface area contributed by atoms with Gasteiger partial charge < -0.3 is 10.2 Å². The summed E-state index contributed by atoms with van der Waals surface area (Å²) in [6.45, 7) is 3.31. The number of rotatable bonds is 3. The van der Waals surface area contributed by atoms with Gasteiger partial charge in [-0.2, -0.15) is 0 Å². The van der Waals surface area contributed by atoms with E-state index in [-0.39, 0.29) is 5.91 Å². The highest BCUT2D eigenvalue weighted by molar-refractivity contribution is 9.10. The fourth-order valence-corrected chi connectivity index (χ4v) is 4.25. The molecular formula is C18H19BrN2OS. The molecule has 5 heteroatoms. The largest absolute Gasteiger partial charge is 0.361 e. The number of hydrogen-bond acceptors (Lipinski definition) is 3. The average molecular weight is 391 g/mol. The van der Waals surface area contributed by atoms with Crippen LogP contribution in [0.1, 0.15) is 12.0 Å². The summed E-state index contributed by atoms with van der Waals surface area (Å²) in [5.74, 6) is 1.11. The number of nitrogens with one attached hydrogen (secondary N) is 1. The molecule has 2 aromatic carbocycles. The molecule has 0 fully saturated rings. The Morgan fingerprint density at radius 1 is 1.30 bits per heavy atom. The van der Waals surface area contributed by atoms with Crippen molar-refractivity contribution in [1.29, 1.82) is 0 Å². The molecule has 3 nitrogen and oxygen atoms in total. The Labute approximate surface area is 149 Å². The summed E-state index contributed by atoms with van der Waals surface area (Å²) in [4.78, 5) is 15.9. The van der Waals surface area contributed by atoms with Crippen molar-refractivity contribution >= 4 is 45.0 Å². The zero-order chi connectivity index (χ0) is 16.2. The third kappa shape index (κ3) is 4.09. The van der Waals surface area contributed by atoms with Gasteiger partial charge >= 0.3 is 0 Å². The molecule has 0 spiro atoms. The zero-order valence-corrected chi connectivity index (χ0v) is 15.4. The van der Waals surface area contributed by atoms with E-state index in [4.69, 9.17) is 0 Å². The van der Waals surface area contributed by atoms with E-state index in [1.165, 1.54) is 4.90 Å². The second-order valence-electron chi connectivity index (χ2n) is 5.62. The Morgan fingerprint density at radius 2 is 2.13 bits per heavy atom. The van der Waals surface area contributed by atoms with Crippen LogP contribution in [-0.2, 0) is 4.79 Å². The predicted molar refractivity (Wildman–Crippen MR) is 102 cm³/mol. The number of benzene rings is 2. The van der Waals surface area contributed by atoms with Crippen LogP contribution >= 0.6 is 27.7 Å². The smallest absolute Gasteiger partial charge is 0.243 e. The van der Waals surface area contributed by atoms with Gasteiger partial charge in [0.1, 0.15) is 0 Å². The van der Waals surface area contributed by atoms with E-state index in [9.17, 15) is 4.79 Å². The first-order chi connectivity index (χ1) is 11.1. The summed E-state index contributed by atoms with van der Waals surface area (Å²) in [5, 5.41) is 3.00. The Bertz CT molecular complexity index is 720. The Balaban J connectivity index is 1.72. The number of aryl methyl sites for hydroxylation is 1. The maximum Gasteiger partial charge on any atom is 0.243 e. The zero-order valence-electron chi connectivity index (χ0n) is 13.0. The second-order valence-corrected chi connectivity index (χ2v) is 7.61. The predicted octanol–water partition coefficient (Wildman–Crippen LogP) is 4.70. The molecule has 23 heavy (non-hydrogen) atoms. The van der Waals surface area contributed by atoms with Gasteiger partial charge in [0.05, 0.1) is 17.9 Å². The monoisotopic (exact) mass is 390 g/mol. The third-order valence-corrected chi connectivity index (χ3v) is 5.57. The first-order valence-corrected chi connectivity index (χ1v) is 9.44. The highest BCUT2D eigenvalue weighted by Gasteiger charge is 2.18. The minimum atomic E-state index is 0.0104. The molecule has 0 aliphatic carbocycles. The summed E-state index contributed by atoms with van der Waals surface area (Å²) in [5.41, 5.74) is 3.14.